The van der Waals surface area contributed by atoms with E-state index < -0.39 is 5.97 Å². The number of ether oxygens (including phenoxy) is 2. The highest BCUT2D eigenvalue weighted by Crippen LogP contribution is 2.54. The number of esters is 1. The van der Waals surface area contributed by atoms with Crippen LogP contribution in [0.3, 0.4) is 0 Å². The quantitative estimate of drug-likeness (QED) is 0.313. The van der Waals surface area contributed by atoms with Crippen molar-refractivity contribution in [3.63, 3.8) is 0 Å². The molecule has 1 atom stereocenters. The van der Waals surface area contributed by atoms with Crippen molar-refractivity contribution in [2.24, 2.45) is 0 Å². The second kappa shape index (κ2) is 7.94. The lowest BCUT2D eigenvalue weighted by molar-refractivity contribution is 0.0731. The molecule has 1 unspecified atom stereocenters. The van der Waals surface area contributed by atoms with Crippen molar-refractivity contribution in [1.29, 1.82) is 0 Å². The van der Waals surface area contributed by atoms with Gasteiger partial charge in [-0.1, -0.05) is 47.1 Å². The van der Waals surface area contributed by atoms with E-state index in [0.29, 0.717) is 21.4 Å². The SMILES string of the molecule is Cc1c(C)c2c(c(C)c1OC(=O)c1ccc(Cl)cc1)SC(c1ccc(Cl)cc1)O2. The standard InChI is InChI=1S/C23H18Cl2O3S/c1-12-13(2)20-21(29-23(28-20)16-6-10-18(25)11-7-16)14(3)19(12)27-22(26)15-4-8-17(24)9-5-15/h4-11,23H,1-3H3. The average Bonchev–Trinajstić information content (AvgIpc) is 3.16. The first kappa shape index (κ1) is 20.1. The molecule has 1 aliphatic heterocycles. The molecule has 3 nitrogen and oxygen atoms in total. The van der Waals surface area contributed by atoms with Gasteiger partial charge in [-0.15, -0.1) is 0 Å². The lowest BCUT2D eigenvalue weighted by atomic mass is 10.0. The molecule has 0 bridgehead atoms. The monoisotopic (exact) mass is 444 g/mol. The zero-order valence-corrected chi connectivity index (χ0v) is 18.4. The van der Waals surface area contributed by atoms with Crippen molar-refractivity contribution in [3.05, 3.63) is 86.4 Å². The zero-order valence-electron chi connectivity index (χ0n) is 16.1. The van der Waals surface area contributed by atoms with Crippen LogP contribution in [0.2, 0.25) is 10.0 Å². The molecule has 0 saturated heterocycles. The Hall–Kier alpha value is -2.14. The van der Waals surface area contributed by atoms with E-state index in [1.54, 1.807) is 36.0 Å². The number of halogens is 2. The van der Waals surface area contributed by atoms with Crippen molar-refractivity contribution in [3.8, 4) is 11.5 Å². The molecule has 6 heteroatoms. The highest BCUT2D eigenvalue weighted by atomic mass is 35.5. The van der Waals surface area contributed by atoms with Gasteiger partial charge in [0.05, 0.1) is 10.5 Å². The normalized spacial score (nSPS) is 15.0. The number of carbonyl (C=O) groups is 1. The van der Waals surface area contributed by atoms with Gasteiger partial charge in [-0.2, -0.15) is 0 Å². The maximum Gasteiger partial charge on any atom is 0.343 e. The zero-order chi connectivity index (χ0) is 20.7. The predicted octanol–water partition coefficient (Wildman–Crippen LogP) is 7.32. The summed E-state index contributed by atoms with van der Waals surface area (Å²) < 4.78 is 12.0. The molecule has 148 valence electrons. The lowest BCUT2D eigenvalue weighted by Gasteiger charge is -2.16. The van der Waals surface area contributed by atoms with Gasteiger partial charge in [0.2, 0.25) is 0 Å². The minimum Gasteiger partial charge on any atom is -0.473 e. The summed E-state index contributed by atoms with van der Waals surface area (Å²) in [7, 11) is 0. The van der Waals surface area contributed by atoms with Gasteiger partial charge in [-0.05, 0) is 68.3 Å². The minimum absolute atomic E-state index is 0.165. The highest BCUT2D eigenvalue weighted by molar-refractivity contribution is 7.99. The summed E-state index contributed by atoms with van der Waals surface area (Å²) in [6.07, 6.45) is 0. The molecule has 0 amide bonds. The van der Waals surface area contributed by atoms with E-state index in [0.717, 1.165) is 32.9 Å². The summed E-state index contributed by atoms with van der Waals surface area (Å²) in [5.41, 5.74) is 4.07. The van der Waals surface area contributed by atoms with Crippen molar-refractivity contribution in [2.75, 3.05) is 0 Å². The minimum atomic E-state index is -0.412. The van der Waals surface area contributed by atoms with E-state index in [9.17, 15) is 4.79 Å². The van der Waals surface area contributed by atoms with E-state index in [-0.39, 0.29) is 5.44 Å². The molecule has 0 aliphatic carbocycles. The van der Waals surface area contributed by atoms with Gasteiger partial charge in [0, 0.05) is 21.2 Å². The van der Waals surface area contributed by atoms with E-state index in [1.807, 2.05) is 45.0 Å². The van der Waals surface area contributed by atoms with Crippen LogP contribution in [0.1, 0.15) is 38.0 Å². The number of hydrogen-bond donors (Lipinski definition) is 0. The summed E-state index contributed by atoms with van der Waals surface area (Å²) in [5, 5.41) is 1.26. The molecule has 0 N–H and O–H groups in total. The average molecular weight is 445 g/mol. The largest absolute Gasteiger partial charge is 0.473 e. The maximum absolute atomic E-state index is 12.6. The van der Waals surface area contributed by atoms with E-state index in [2.05, 4.69) is 0 Å². The number of thioether (sulfide) groups is 1. The van der Waals surface area contributed by atoms with Gasteiger partial charge in [0.25, 0.3) is 0 Å². The Bertz CT molecular complexity index is 1090. The molecule has 0 fully saturated rings. The molecule has 0 saturated carbocycles. The lowest BCUT2D eigenvalue weighted by Crippen LogP contribution is -2.11. The number of carbonyl (C=O) groups excluding carboxylic acids is 1. The van der Waals surface area contributed by atoms with Crippen LogP contribution >= 0.6 is 35.0 Å². The number of benzene rings is 3. The second-order valence-corrected chi connectivity index (χ2v) is 8.82. The van der Waals surface area contributed by atoms with Crippen molar-refractivity contribution >= 4 is 40.9 Å². The van der Waals surface area contributed by atoms with E-state index in [1.165, 1.54) is 0 Å². The summed E-state index contributed by atoms with van der Waals surface area (Å²) >= 11 is 13.5. The molecule has 1 heterocycles. The van der Waals surface area contributed by atoms with Crippen LogP contribution < -0.4 is 9.47 Å². The number of hydrogen-bond acceptors (Lipinski definition) is 4. The van der Waals surface area contributed by atoms with Gasteiger partial charge in [0.15, 0.2) is 5.44 Å². The van der Waals surface area contributed by atoms with Crippen LogP contribution in [0.25, 0.3) is 0 Å². The molecule has 3 aromatic rings. The predicted molar refractivity (Wildman–Crippen MR) is 118 cm³/mol. The number of rotatable bonds is 3. The Balaban J connectivity index is 1.66. The van der Waals surface area contributed by atoms with Crippen molar-refractivity contribution < 1.29 is 14.3 Å². The molecule has 0 radical (unpaired) electrons. The summed E-state index contributed by atoms with van der Waals surface area (Å²) in [6.45, 7) is 5.88. The Labute approximate surface area is 183 Å². The molecule has 29 heavy (non-hydrogen) atoms. The Morgan fingerprint density at radius 2 is 1.48 bits per heavy atom. The molecule has 4 rings (SSSR count). The first-order valence-corrected chi connectivity index (χ1v) is 10.7. The molecule has 3 aromatic carbocycles. The third-order valence-corrected chi connectivity index (χ3v) is 6.81. The summed E-state index contributed by atoms with van der Waals surface area (Å²) in [6, 6.07) is 14.3. The number of fused-ring (bicyclic) bond motifs is 1. The van der Waals surface area contributed by atoms with Gasteiger partial charge in [-0.3, -0.25) is 0 Å². The van der Waals surface area contributed by atoms with Crippen LogP contribution in [0, 0.1) is 20.8 Å². The fourth-order valence-electron chi connectivity index (χ4n) is 3.23. The maximum atomic E-state index is 12.6. The van der Waals surface area contributed by atoms with Gasteiger partial charge in [0.1, 0.15) is 11.5 Å². The third-order valence-electron chi connectivity index (χ3n) is 5.00. The second-order valence-electron chi connectivity index (χ2n) is 6.88. The summed E-state index contributed by atoms with van der Waals surface area (Å²) in [4.78, 5) is 13.6. The van der Waals surface area contributed by atoms with Crippen molar-refractivity contribution in [2.45, 2.75) is 31.1 Å². The fraction of sp³-hybridized carbons (Fsp3) is 0.174. The first-order valence-electron chi connectivity index (χ1n) is 9.05. The molecular weight excluding hydrogens is 427 g/mol. The molecule has 0 spiro atoms. The van der Waals surface area contributed by atoms with E-state index >= 15 is 0 Å². The van der Waals surface area contributed by atoms with Gasteiger partial charge >= 0.3 is 5.97 Å². The van der Waals surface area contributed by atoms with Crippen LogP contribution in [0.4, 0.5) is 0 Å². The van der Waals surface area contributed by atoms with Crippen molar-refractivity contribution in [1.82, 2.24) is 0 Å². The summed E-state index contributed by atoms with van der Waals surface area (Å²) in [5.74, 6) is 1.01. The van der Waals surface area contributed by atoms with Crippen LogP contribution in [0.15, 0.2) is 53.4 Å². The topological polar surface area (TPSA) is 35.5 Å². The Morgan fingerprint density at radius 1 is 0.897 bits per heavy atom. The fourth-order valence-corrected chi connectivity index (χ4v) is 4.72. The molecule has 0 aromatic heterocycles. The smallest absolute Gasteiger partial charge is 0.343 e. The van der Waals surface area contributed by atoms with Crippen LogP contribution in [-0.4, -0.2) is 5.97 Å². The highest BCUT2D eigenvalue weighted by Gasteiger charge is 2.32. The van der Waals surface area contributed by atoms with Gasteiger partial charge < -0.3 is 9.47 Å². The van der Waals surface area contributed by atoms with E-state index in [4.69, 9.17) is 32.7 Å². The molecule has 1 aliphatic rings. The Morgan fingerprint density at radius 3 is 2.10 bits per heavy atom. The third kappa shape index (κ3) is 3.85. The van der Waals surface area contributed by atoms with Gasteiger partial charge in [-0.25, -0.2) is 4.79 Å². The molecular formula is C23H18Cl2O3S. The first-order chi connectivity index (χ1) is 13.8. The van der Waals surface area contributed by atoms with Crippen LogP contribution in [0.5, 0.6) is 11.5 Å². The Kier molecular flexibility index (Phi) is 5.52. The van der Waals surface area contributed by atoms with Crippen LogP contribution in [-0.2, 0) is 0 Å².